The summed E-state index contributed by atoms with van der Waals surface area (Å²) in [5.74, 6) is 0.516. The molecule has 0 aromatic heterocycles. The number of fused-ring (bicyclic) bond motifs is 3. The Bertz CT molecular complexity index is 460. The third-order valence-corrected chi connectivity index (χ3v) is 4.14. The molecule has 2 unspecified atom stereocenters. The second-order valence-electron chi connectivity index (χ2n) is 4.98. The van der Waals surface area contributed by atoms with Crippen LogP contribution in [0.4, 0.5) is 11.4 Å². The molecule has 0 amide bonds. The fourth-order valence-corrected chi connectivity index (χ4v) is 3.39. The van der Waals surface area contributed by atoms with Gasteiger partial charge in [0.15, 0.2) is 0 Å². The first-order valence-corrected chi connectivity index (χ1v) is 6.58. The lowest BCUT2D eigenvalue weighted by Crippen LogP contribution is -2.44. The third-order valence-electron chi connectivity index (χ3n) is 4.14. The van der Waals surface area contributed by atoms with Crippen molar-refractivity contribution in [3.8, 4) is 0 Å². The van der Waals surface area contributed by atoms with Gasteiger partial charge in [0.2, 0.25) is 0 Å². The van der Waals surface area contributed by atoms with Crippen molar-refractivity contribution in [1.29, 1.82) is 0 Å². The highest BCUT2D eigenvalue weighted by Crippen LogP contribution is 2.46. The monoisotopic (exact) mass is 245 g/mol. The van der Waals surface area contributed by atoms with E-state index in [0.29, 0.717) is 18.5 Å². The SMILES string of the molecule is CNc1cccc2c1N(CC=O)C1CCNCC21. The highest BCUT2D eigenvalue weighted by molar-refractivity contribution is 5.80. The molecule has 3 rings (SSSR count). The van der Waals surface area contributed by atoms with E-state index in [0.717, 1.165) is 31.5 Å². The molecule has 2 aliphatic heterocycles. The Morgan fingerprint density at radius 1 is 1.56 bits per heavy atom. The minimum Gasteiger partial charge on any atom is -0.386 e. The maximum atomic E-state index is 11.0. The first-order chi connectivity index (χ1) is 8.86. The van der Waals surface area contributed by atoms with Crippen LogP contribution in [0.25, 0.3) is 0 Å². The molecule has 0 spiro atoms. The number of carbonyl (C=O) groups excluding carboxylic acids is 1. The summed E-state index contributed by atoms with van der Waals surface area (Å²) in [5, 5.41) is 6.71. The third kappa shape index (κ3) is 1.60. The summed E-state index contributed by atoms with van der Waals surface area (Å²) in [6, 6.07) is 6.86. The molecule has 0 bridgehead atoms. The topological polar surface area (TPSA) is 44.4 Å². The van der Waals surface area contributed by atoms with E-state index < -0.39 is 0 Å². The summed E-state index contributed by atoms with van der Waals surface area (Å²) in [4.78, 5) is 13.2. The van der Waals surface area contributed by atoms with Crippen LogP contribution in [0.1, 0.15) is 17.9 Å². The number of nitrogens with one attached hydrogen (secondary N) is 2. The summed E-state index contributed by atoms with van der Waals surface area (Å²) in [6.45, 7) is 2.55. The number of anilines is 2. The second kappa shape index (κ2) is 4.61. The van der Waals surface area contributed by atoms with Crippen LogP contribution in [-0.4, -0.2) is 39.0 Å². The van der Waals surface area contributed by atoms with Gasteiger partial charge in [0.05, 0.1) is 17.9 Å². The van der Waals surface area contributed by atoms with Crippen molar-refractivity contribution in [3.63, 3.8) is 0 Å². The van der Waals surface area contributed by atoms with Crippen LogP contribution in [0.3, 0.4) is 0 Å². The molecule has 4 nitrogen and oxygen atoms in total. The zero-order valence-electron chi connectivity index (χ0n) is 10.6. The van der Waals surface area contributed by atoms with Gasteiger partial charge in [0, 0.05) is 25.6 Å². The summed E-state index contributed by atoms with van der Waals surface area (Å²) in [7, 11) is 1.94. The number of carbonyl (C=O) groups is 1. The predicted octanol–water partition coefficient (Wildman–Crippen LogP) is 1.19. The fourth-order valence-electron chi connectivity index (χ4n) is 3.39. The molecule has 2 heterocycles. The maximum absolute atomic E-state index is 11.0. The van der Waals surface area contributed by atoms with E-state index in [1.165, 1.54) is 11.3 Å². The van der Waals surface area contributed by atoms with Gasteiger partial charge in [-0.05, 0) is 24.6 Å². The van der Waals surface area contributed by atoms with Gasteiger partial charge in [-0.25, -0.2) is 0 Å². The van der Waals surface area contributed by atoms with Gasteiger partial charge in [-0.2, -0.15) is 0 Å². The van der Waals surface area contributed by atoms with Gasteiger partial charge in [-0.15, -0.1) is 0 Å². The molecule has 0 aliphatic carbocycles. The lowest BCUT2D eigenvalue weighted by molar-refractivity contribution is -0.106. The molecule has 2 atom stereocenters. The van der Waals surface area contributed by atoms with E-state index in [-0.39, 0.29) is 0 Å². The number of hydrogen-bond donors (Lipinski definition) is 2. The molecule has 1 aromatic carbocycles. The van der Waals surface area contributed by atoms with Crippen LogP contribution in [0.5, 0.6) is 0 Å². The van der Waals surface area contributed by atoms with E-state index in [9.17, 15) is 4.79 Å². The lowest BCUT2D eigenvalue weighted by atomic mass is 9.90. The summed E-state index contributed by atoms with van der Waals surface area (Å²) < 4.78 is 0. The standard InChI is InChI=1S/C14H19N3O/c1-15-12-4-2-3-10-11-9-16-6-5-13(11)17(7-8-18)14(10)12/h2-4,8,11,13,15-16H,5-7,9H2,1H3. The molecule has 0 radical (unpaired) electrons. The molecule has 96 valence electrons. The van der Waals surface area contributed by atoms with E-state index in [4.69, 9.17) is 0 Å². The van der Waals surface area contributed by atoms with Crippen molar-refractivity contribution in [2.75, 3.05) is 36.9 Å². The van der Waals surface area contributed by atoms with Crippen LogP contribution in [0.15, 0.2) is 18.2 Å². The van der Waals surface area contributed by atoms with Crippen molar-refractivity contribution < 1.29 is 4.79 Å². The van der Waals surface area contributed by atoms with Gasteiger partial charge >= 0.3 is 0 Å². The number of nitrogens with zero attached hydrogens (tertiary/aromatic N) is 1. The van der Waals surface area contributed by atoms with Crippen LogP contribution in [0.2, 0.25) is 0 Å². The number of hydrogen-bond acceptors (Lipinski definition) is 4. The van der Waals surface area contributed by atoms with Crippen LogP contribution < -0.4 is 15.5 Å². The van der Waals surface area contributed by atoms with Crippen LogP contribution >= 0.6 is 0 Å². The average molecular weight is 245 g/mol. The van der Waals surface area contributed by atoms with E-state index >= 15 is 0 Å². The number of rotatable bonds is 3. The number of piperidine rings is 1. The van der Waals surface area contributed by atoms with Crippen molar-refractivity contribution in [1.82, 2.24) is 5.32 Å². The van der Waals surface area contributed by atoms with Gasteiger partial charge in [0.25, 0.3) is 0 Å². The Morgan fingerprint density at radius 2 is 2.44 bits per heavy atom. The zero-order valence-corrected chi connectivity index (χ0v) is 10.6. The van der Waals surface area contributed by atoms with Crippen LogP contribution in [-0.2, 0) is 4.79 Å². The zero-order chi connectivity index (χ0) is 12.5. The largest absolute Gasteiger partial charge is 0.386 e. The molecular weight excluding hydrogens is 226 g/mol. The quantitative estimate of drug-likeness (QED) is 0.785. The second-order valence-corrected chi connectivity index (χ2v) is 4.98. The normalized spacial score (nSPS) is 25.5. The summed E-state index contributed by atoms with van der Waals surface area (Å²) >= 11 is 0. The highest BCUT2D eigenvalue weighted by atomic mass is 16.1. The van der Waals surface area contributed by atoms with E-state index in [1.54, 1.807) is 0 Å². The summed E-state index contributed by atoms with van der Waals surface area (Å²) in [6.07, 6.45) is 2.12. The van der Waals surface area contributed by atoms with Crippen molar-refractivity contribution >= 4 is 17.7 Å². The minimum atomic E-state index is 0.473. The number of benzene rings is 1. The molecule has 2 N–H and O–H groups in total. The molecule has 0 saturated carbocycles. The maximum Gasteiger partial charge on any atom is 0.139 e. The van der Waals surface area contributed by atoms with Crippen molar-refractivity contribution in [2.45, 2.75) is 18.4 Å². The Hall–Kier alpha value is -1.55. The Kier molecular flexibility index (Phi) is 2.96. The molecular formula is C14H19N3O. The Balaban J connectivity index is 2.08. The lowest BCUT2D eigenvalue weighted by Gasteiger charge is -2.33. The Morgan fingerprint density at radius 3 is 3.22 bits per heavy atom. The highest BCUT2D eigenvalue weighted by Gasteiger charge is 2.40. The number of para-hydroxylation sites is 1. The van der Waals surface area contributed by atoms with Crippen LogP contribution in [0, 0.1) is 0 Å². The molecule has 4 heteroatoms. The first-order valence-electron chi connectivity index (χ1n) is 6.58. The number of aldehydes is 1. The smallest absolute Gasteiger partial charge is 0.139 e. The van der Waals surface area contributed by atoms with Crippen molar-refractivity contribution in [2.24, 2.45) is 0 Å². The molecule has 1 aromatic rings. The predicted molar refractivity (Wildman–Crippen MR) is 73.4 cm³/mol. The molecule has 18 heavy (non-hydrogen) atoms. The Labute approximate surface area is 107 Å². The van der Waals surface area contributed by atoms with Gasteiger partial charge in [-0.3, -0.25) is 0 Å². The summed E-state index contributed by atoms with van der Waals surface area (Å²) in [5.41, 5.74) is 3.73. The minimum absolute atomic E-state index is 0.473. The molecule has 1 fully saturated rings. The van der Waals surface area contributed by atoms with Gasteiger partial charge in [0.1, 0.15) is 6.29 Å². The first kappa shape index (κ1) is 11.5. The van der Waals surface area contributed by atoms with E-state index in [1.807, 2.05) is 7.05 Å². The van der Waals surface area contributed by atoms with E-state index in [2.05, 4.69) is 33.7 Å². The fraction of sp³-hybridized carbons (Fsp3) is 0.500. The average Bonchev–Trinajstić information content (AvgIpc) is 2.74. The molecule has 2 aliphatic rings. The van der Waals surface area contributed by atoms with Gasteiger partial charge < -0.3 is 20.3 Å². The van der Waals surface area contributed by atoms with Gasteiger partial charge in [-0.1, -0.05) is 12.1 Å². The molecule has 1 saturated heterocycles. The van der Waals surface area contributed by atoms with Crippen molar-refractivity contribution in [3.05, 3.63) is 23.8 Å².